The number of carbonyl (C=O) groups excluding carboxylic acids is 3. The van der Waals surface area contributed by atoms with Crippen molar-refractivity contribution in [2.24, 2.45) is 23.2 Å². The maximum absolute atomic E-state index is 14.4. The van der Waals surface area contributed by atoms with E-state index >= 15 is 0 Å². The molecule has 3 unspecified atom stereocenters. The van der Waals surface area contributed by atoms with Crippen LogP contribution in [0.4, 0.5) is 0 Å². The molecule has 1 spiro atoms. The van der Waals surface area contributed by atoms with E-state index in [1.807, 2.05) is 4.90 Å². The van der Waals surface area contributed by atoms with Crippen LogP contribution in [0.5, 0.6) is 0 Å². The summed E-state index contributed by atoms with van der Waals surface area (Å²) in [6, 6.07) is -0.735. The third-order valence-corrected chi connectivity index (χ3v) is 9.73. The van der Waals surface area contributed by atoms with Crippen molar-refractivity contribution in [3.05, 3.63) is 12.7 Å². The Bertz CT molecular complexity index is 838. The highest BCUT2D eigenvalue weighted by Crippen LogP contribution is 2.68. The largest absolute Gasteiger partial charge is 0.466 e. The number of rotatable bonds is 9. The van der Waals surface area contributed by atoms with Crippen LogP contribution in [0.3, 0.4) is 0 Å². The molecule has 3 rings (SSSR count). The Balaban J connectivity index is 2.09. The lowest BCUT2D eigenvalue weighted by molar-refractivity contribution is -0.154. The molecular formula is C26H42N2O5S. The molecule has 8 heteroatoms. The molecular weight excluding hydrogens is 452 g/mol. The lowest BCUT2D eigenvalue weighted by Crippen LogP contribution is -2.61. The van der Waals surface area contributed by atoms with Crippen LogP contribution in [0.15, 0.2) is 12.7 Å². The highest BCUT2D eigenvalue weighted by Gasteiger charge is 2.76. The Morgan fingerprint density at radius 1 is 1.32 bits per heavy atom. The minimum atomic E-state index is -0.735. The minimum Gasteiger partial charge on any atom is -0.466 e. The summed E-state index contributed by atoms with van der Waals surface area (Å²) < 4.78 is 4.67. The van der Waals surface area contributed by atoms with Crippen molar-refractivity contribution >= 4 is 29.5 Å². The van der Waals surface area contributed by atoms with E-state index in [2.05, 4.69) is 48.1 Å². The highest BCUT2D eigenvalue weighted by molar-refractivity contribution is 8.02. The fourth-order valence-electron chi connectivity index (χ4n) is 6.96. The maximum atomic E-state index is 14.4. The molecule has 192 valence electrons. The molecule has 3 saturated heterocycles. The number of carbonyl (C=O) groups is 3. The number of likely N-dealkylation sites (tertiary alicyclic amines) is 1. The molecule has 1 N–H and O–H groups in total. The average Bonchev–Trinajstić information content (AvgIpc) is 3.28. The summed E-state index contributed by atoms with van der Waals surface area (Å²) >= 11 is 1.63. The van der Waals surface area contributed by atoms with Crippen molar-refractivity contribution in [1.82, 2.24) is 9.80 Å². The number of esters is 1. The van der Waals surface area contributed by atoms with E-state index in [1.54, 1.807) is 29.7 Å². The van der Waals surface area contributed by atoms with Crippen LogP contribution >= 0.6 is 11.8 Å². The van der Waals surface area contributed by atoms with Crippen molar-refractivity contribution in [2.45, 2.75) is 82.9 Å². The molecule has 2 bridgehead atoms. The highest BCUT2D eigenvalue weighted by atomic mass is 32.2. The monoisotopic (exact) mass is 494 g/mol. The molecule has 3 aliphatic heterocycles. The summed E-state index contributed by atoms with van der Waals surface area (Å²) in [6.45, 7) is 18.8. The topological polar surface area (TPSA) is 87.2 Å². The third-order valence-electron chi connectivity index (χ3n) is 7.65. The SMILES string of the molecule is C=CCN(C(=O)C1N(CCO)C(=O)[C@@H]2[C@@H](C(=O)OCC)[C@H]3CC(C)C12S3)C(C)(C)CC(C)(C)C. The zero-order chi connectivity index (χ0) is 25.6. The number of aliphatic hydroxyl groups is 1. The molecule has 7 nitrogen and oxygen atoms in total. The zero-order valence-corrected chi connectivity index (χ0v) is 22.6. The Kier molecular flexibility index (Phi) is 7.55. The Hall–Kier alpha value is -1.54. The Morgan fingerprint density at radius 3 is 2.50 bits per heavy atom. The first-order chi connectivity index (χ1) is 15.8. The first-order valence-corrected chi connectivity index (χ1v) is 13.3. The van der Waals surface area contributed by atoms with Crippen LogP contribution in [0.1, 0.15) is 61.3 Å². The van der Waals surface area contributed by atoms with Crippen molar-refractivity contribution in [1.29, 1.82) is 0 Å². The summed E-state index contributed by atoms with van der Waals surface area (Å²) in [5, 5.41) is 9.78. The third kappa shape index (κ3) is 4.29. The smallest absolute Gasteiger partial charge is 0.310 e. The molecule has 2 amide bonds. The van der Waals surface area contributed by atoms with E-state index < -0.39 is 28.2 Å². The first kappa shape index (κ1) is 27.1. The van der Waals surface area contributed by atoms with Gasteiger partial charge in [0.05, 0.1) is 29.8 Å². The van der Waals surface area contributed by atoms with Crippen molar-refractivity contribution < 1.29 is 24.2 Å². The molecule has 3 aliphatic rings. The molecule has 0 aromatic heterocycles. The van der Waals surface area contributed by atoms with Gasteiger partial charge in [0.2, 0.25) is 11.8 Å². The number of hydrogen-bond donors (Lipinski definition) is 1. The van der Waals surface area contributed by atoms with E-state index in [4.69, 9.17) is 4.74 Å². The van der Waals surface area contributed by atoms with Crippen LogP contribution in [0.2, 0.25) is 0 Å². The minimum absolute atomic E-state index is 0.0108. The number of aliphatic hydroxyl groups excluding tert-OH is 1. The lowest BCUT2D eigenvalue weighted by atomic mass is 9.66. The lowest BCUT2D eigenvalue weighted by Gasteiger charge is -2.46. The van der Waals surface area contributed by atoms with Gasteiger partial charge in [-0.25, -0.2) is 0 Å². The van der Waals surface area contributed by atoms with E-state index in [9.17, 15) is 19.5 Å². The van der Waals surface area contributed by atoms with Gasteiger partial charge in [-0.05, 0) is 44.9 Å². The quantitative estimate of drug-likeness (QED) is 0.392. The Labute approximate surface area is 208 Å². The summed E-state index contributed by atoms with van der Waals surface area (Å²) in [6.07, 6.45) is 3.27. The number of fused-ring (bicyclic) bond motifs is 1. The maximum Gasteiger partial charge on any atom is 0.310 e. The fraction of sp³-hybridized carbons (Fsp3) is 0.808. The van der Waals surface area contributed by atoms with E-state index in [0.717, 1.165) is 12.8 Å². The second-order valence-corrected chi connectivity index (χ2v) is 13.4. The van der Waals surface area contributed by atoms with Gasteiger partial charge in [0, 0.05) is 23.9 Å². The number of nitrogens with zero attached hydrogens (tertiary/aromatic N) is 2. The summed E-state index contributed by atoms with van der Waals surface area (Å²) in [5.74, 6) is -1.76. The van der Waals surface area contributed by atoms with Crippen LogP contribution < -0.4 is 0 Å². The van der Waals surface area contributed by atoms with Gasteiger partial charge in [-0.2, -0.15) is 0 Å². The second-order valence-electron chi connectivity index (χ2n) is 11.8. The first-order valence-electron chi connectivity index (χ1n) is 12.4. The van der Waals surface area contributed by atoms with Crippen LogP contribution in [-0.4, -0.2) is 80.6 Å². The van der Waals surface area contributed by atoms with Gasteiger partial charge in [0.1, 0.15) is 6.04 Å². The Morgan fingerprint density at radius 2 is 1.97 bits per heavy atom. The summed E-state index contributed by atoms with van der Waals surface area (Å²) in [5.41, 5.74) is -0.486. The van der Waals surface area contributed by atoms with Gasteiger partial charge in [-0.3, -0.25) is 14.4 Å². The molecule has 0 aliphatic carbocycles. The van der Waals surface area contributed by atoms with E-state index in [1.165, 1.54) is 0 Å². The number of thioether (sulfide) groups is 1. The summed E-state index contributed by atoms with van der Waals surface area (Å²) in [4.78, 5) is 44.6. The second kappa shape index (κ2) is 9.49. The number of amides is 2. The van der Waals surface area contributed by atoms with Gasteiger partial charge in [0.15, 0.2) is 0 Å². The molecule has 6 atom stereocenters. The van der Waals surface area contributed by atoms with Gasteiger partial charge in [0.25, 0.3) is 0 Å². The molecule has 0 aromatic rings. The van der Waals surface area contributed by atoms with Gasteiger partial charge in [-0.15, -0.1) is 18.3 Å². The number of ether oxygens (including phenoxy) is 1. The van der Waals surface area contributed by atoms with Crippen LogP contribution in [0, 0.1) is 23.2 Å². The standard InChI is InChI=1S/C26H42N2O5S/c1-9-11-28(25(7,8)15-24(4,5)6)22(31)20-26-16(3)14-17(34-26)18(23(32)33-10-2)19(26)21(30)27(20)12-13-29/h9,16-20,29H,1,10-15H2,2-8H3/t16?,17-,18+,19+,20?,26?/m1/s1. The molecule has 3 heterocycles. The average molecular weight is 495 g/mol. The van der Waals surface area contributed by atoms with Crippen LogP contribution in [-0.2, 0) is 19.1 Å². The predicted molar refractivity (Wildman–Crippen MR) is 134 cm³/mol. The molecule has 0 saturated carbocycles. The molecule has 0 aromatic carbocycles. The van der Waals surface area contributed by atoms with Gasteiger partial charge in [-0.1, -0.05) is 33.8 Å². The van der Waals surface area contributed by atoms with Gasteiger partial charge >= 0.3 is 5.97 Å². The molecule has 34 heavy (non-hydrogen) atoms. The summed E-state index contributed by atoms with van der Waals surface area (Å²) in [7, 11) is 0. The van der Waals surface area contributed by atoms with E-state index in [-0.39, 0.29) is 54.1 Å². The van der Waals surface area contributed by atoms with Crippen molar-refractivity contribution in [2.75, 3.05) is 26.3 Å². The molecule has 0 radical (unpaired) electrons. The van der Waals surface area contributed by atoms with Crippen LogP contribution in [0.25, 0.3) is 0 Å². The number of hydrogen-bond acceptors (Lipinski definition) is 6. The normalized spacial score (nSPS) is 32.6. The van der Waals surface area contributed by atoms with Gasteiger partial charge < -0.3 is 19.6 Å². The van der Waals surface area contributed by atoms with Crippen molar-refractivity contribution in [3.8, 4) is 0 Å². The van der Waals surface area contributed by atoms with Crippen molar-refractivity contribution in [3.63, 3.8) is 0 Å². The predicted octanol–water partition coefficient (Wildman–Crippen LogP) is 3.11. The molecule has 3 fully saturated rings. The van der Waals surface area contributed by atoms with E-state index in [0.29, 0.717) is 6.54 Å². The fourth-order valence-corrected chi connectivity index (χ4v) is 9.36. The number of β-amino-alcohol motifs (C(OH)–C–C–N with tert-alkyl or cyclic N) is 1. The zero-order valence-electron chi connectivity index (χ0n) is 21.8.